The van der Waals surface area contributed by atoms with E-state index in [0.717, 1.165) is 44.9 Å². The lowest BCUT2D eigenvalue weighted by Crippen LogP contribution is -2.55. The molecule has 3 saturated carbocycles. The summed E-state index contributed by atoms with van der Waals surface area (Å²) in [5.74, 6) is 0.548. The second kappa shape index (κ2) is 4.69. The number of carbonyl (C=O) groups is 1. The fourth-order valence-electron chi connectivity index (χ4n) is 7.90. The van der Waals surface area contributed by atoms with Gasteiger partial charge in [0.15, 0.2) is 0 Å². The van der Waals surface area contributed by atoms with E-state index in [4.69, 9.17) is 9.47 Å². The molecule has 0 aromatic carbocycles. The van der Waals surface area contributed by atoms with Crippen LogP contribution in [-0.2, 0) is 14.3 Å². The molecule has 2 bridgehead atoms. The van der Waals surface area contributed by atoms with E-state index in [1.807, 2.05) is 0 Å². The van der Waals surface area contributed by atoms with Crippen LogP contribution in [0.1, 0.15) is 58.8 Å². The number of methoxy groups -OCH3 is 1. The molecule has 0 aromatic heterocycles. The molecule has 4 nitrogen and oxygen atoms in total. The summed E-state index contributed by atoms with van der Waals surface area (Å²) in [7, 11) is 1.52. The summed E-state index contributed by atoms with van der Waals surface area (Å²) < 4.78 is 11.2. The van der Waals surface area contributed by atoms with E-state index in [2.05, 4.69) is 19.9 Å². The molecule has 0 aromatic rings. The van der Waals surface area contributed by atoms with E-state index in [9.17, 15) is 9.90 Å². The molecule has 1 N–H and O–H groups in total. The molecule has 1 spiro atoms. The van der Waals surface area contributed by atoms with Crippen molar-refractivity contribution in [2.75, 3.05) is 13.7 Å². The van der Waals surface area contributed by atoms with Crippen LogP contribution in [0.2, 0.25) is 0 Å². The van der Waals surface area contributed by atoms with Crippen molar-refractivity contribution in [3.63, 3.8) is 0 Å². The highest BCUT2D eigenvalue weighted by Gasteiger charge is 2.69. The van der Waals surface area contributed by atoms with Crippen LogP contribution in [0.15, 0.2) is 11.6 Å². The van der Waals surface area contributed by atoms with Crippen LogP contribution in [-0.4, -0.2) is 36.5 Å². The van der Waals surface area contributed by atoms with Crippen molar-refractivity contribution in [3.05, 3.63) is 11.6 Å². The van der Waals surface area contributed by atoms with Crippen molar-refractivity contribution >= 4 is 5.97 Å². The van der Waals surface area contributed by atoms with Crippen LogP contribution in [0.3, 0.4) is 0 Å². The number of fused-ring (bicyclic) bond motifs is 2. The standard InChI is InChI=1S/C21H30O4/c1-18-6-4-7-19(2,17(22)24-3)15(18)5-8-20-10-13-14(9-16(18)20)25-12-21(13,23)11-20/h9,13-15,23H,4-8,10-12H2,1-3H3/t13-,14?,15-,18+,19+,20-,21-/m0/s1. The van der Waals surface area contributed by atoms with Crippen LogP contribution in [0, 0.1) is 28.1 Å². The van der Waals surface area contributed by atoms with Crippen molar-refractivity contribution in [1.29, 1.82) is 0 Å². The fourth-order valence-corrected chi connectivity index (χ4v) is 7.90. The van der Waals surface area contributed by atoms with Crippen LogP contribution < -0.4 is 0 Å². The van der Waals surface area contributed by atoms with Gasteiger partial charge in [-0.3, -0.25) is 4.79 Å². The first-order valence-corrected chi connectivity index (χ1v) is 9.93. The highest BCUT2D eigenvalue weighted by atomic mass is 16.5. The molecule has 4 aliphatic carbocycles. The first kappa shape index (κ1) is 16.3. The van der Waals surface area contributed by atoms with Crippen molar-refractivity contribution in [3.8, 4) is 0 Å². The summed E-state index contributed by atoms with van der Waals surface area (Å²) in [6.45, 7) is 4.99. The maximum atomic E-state index is 12.7. The lowest BCUT2D eigenvalue weighted by atomic mass is 9.44. The molecule has 25 heavy (non-hydrogen) atoms. The van der Waals surface area contributed by atoms with Gasteiger partial charge < -0.3 is 14.6 Å². The van der Waals surface area contributed by atoms with Crippen LogP contribution in [0.5, 0.6) is 0 Å². The first-order chi connectivity index (χ1) is 11.8. The van der Waals surface area contributed by atoms with Gasteiger partial charge in [-0.2, -0.15) is 0 Å². The highest BCUT2D eigenvalue weighted by molar-refractivity contribution is 5.77. The highest BCUT2D eigenvalue weighted by Crippen LogP contribution is 2.72. The van der Waals surface area contributed by atoms with Gasteiger partial charge in [0.25, 0.3) is 0 Å². The molecular formula is C21H30O4. The van der Waals surface area contributed by atoms with Gasteiger partial charge in [-0.1, -0.05) is 25.0 Å². The number of ether oxygens (including phenoxy) is 2. The van der Waals surface area contributed by atoms with Gasteiger partial charge in [0.2, 0.25) is 0 Å². The molecule has 4 fully saturated rings. The quantitative estimate of drug-likeness (QED) is 0.585. The summed E-state index contributed by atoms with van der Waals surface area (Å²) >= 11 is 0. The predicted octanol–water partition coefficient (Wildman–Crippen LogP) is 3.23. The third-order valence-corrected chi connectivity index (χ3v) is 8.88. The monoisotopic (exact) mass is 346 g/mol. The zero-order valence-electron chi connectivity index (χ0n) is 15.6. The first-order valence-electron chi connectivity index (χ1n) is 9.93. The Balaban J connectivity index is 1.61. The number of rotatable bonds is 1. The predicted molar refractivity (Wildman–Crippen MR) is 92.7 cm³/mol. The van der Waals surface area contributed by atoms with E-state index in [1.54, 1.807) is 0 Å². The van der Waals surface area contributed by atoms with Gasteiger partial charge in [-0.15, -0.1) is 0 Å². The van der Waals surface area contributed by atoms with Crippen LogP contribution >= 0.6 is 0 Å². The topological polar surface area (TPSA) is 55.8 Å². The number of hydrogen-bond acceptors (Lipinski definition) is 4. The molecule has 5 aliphatic rings. The maximum absolute atomic E-state index is 12.7. The van der Waals surface area contributed by atoms with Gasteiger partial charge in [0, 0.05) is 5.92 Å². The maximum Gasteiger partial charge on any atom is 0.311 e. The Kier molecular flexibility index (Phi) is 3.06. The molecule has 1 heterocycles. The molecule has 7 atom stereocenters. The molecular weight excluding hydrogens is 316 g/mol. The Morgan fingerprint density at radius 1 is 1.32 bits per heavy atom. The van der Waals surface area contributed by atoms with Gasteiger partial charge >= 0.3 is 5.97 Å². The zero-order chi connectivity index (χ0) is 17.7. The van der Waals surface area contributed by atoms with Gasteiger partial charge in [0.1, 0.15) is 0 Å². The number of aliphatic hydroxyl groups is 1. The SMILES string of the molecule is COC(=O)[C@]1(C)CCC[C@@]2(C)C3=CC4OC[C@@]5(O)C[C@]3(CC[C@H]12)C[C@@H]45. The van der Waals surface area contributed by atoms with E-state index in [1.165, 1.54) is 12.7 Å². The summed E-state index contributed by atoms with van der Waals surface area (Å²) in [5, 5.41) is 11.1. The number of carbonyl (C=O) groups excluding carboxylic acids is 1. The molecule has 0 radical (unpaired) electrons. The number of esters is 1. The third kappa shape index (κ3) is 1.78. The zero-order valence-corrected chi connectivity index (χ0v) is 15.6. The van der Waals surface area contributed by atoms with Gasteiger partial charge in [-0.05, 0) is 62.2 Å². The Labute approximate surface area is 150 Å². The minimum absolute atomic E-state index is 0.0224. The normalized spacial score (nSPS) is 56.0. The molecule has 4 heteroatoms. The lowest BCUT2D eigenvalue weighted by molar-refractivity contribution is -0.165. The van der Waals surface area contributed by atoms with Crippen LogP contribution in [0.4, 0.5) is 0 Å². The van der Waals surface area contributed by atoms with E-state index >= 15 is 0 Å². The second-order valence-electron chi connectivity index (χ2n) is 10.00. The molecule has 1 saturated heterocycles. The lowest BCUT2D eigenvalue weighted by Gasteiger charge is -2.60. The van der Waals surface area contributed by atoms with Crippen molar-refractivity contribution in [2.24, 2.45) is 28.1 Å². The minimum Gasteiger partial charge on any atom is -0.469 e. The Morgan fingerprint density at radius 2 is 2.12 bits per heavy atom. The summed E-state index contributed by atoms with van der Waals surface area (Å²) in [6.07, 6.45) is 9.63. The molecule has 138 valence electrons. The van der Waals surface area contributed by atoms with Gasteiger partial charge in [0.05, 0.1) is 30.8 Å². The third-order valence-electron chi connectivity index (χ3n) is 8.88. The largest absolute Gasteiger partial charge is 0.469 e. The van der Waals surface area contributed by atoms with E-state index < -0.39 is 11.0 Å². The van der Waals surface area contributed by atoms with Crippen molar-refractivity contribution < 1.29 is 19.4 Å². The smallest absolute Gasteiger partial charge is 0.311 e. The number of hydrogen-bond donors (Lipinski definition) is 1. The van der Waals surface area contributed by atoms with E-state index in [-0.39, 0.29) is 28.8 Å². The Bertz CT molecular complexity index is 671. The molecule has 1 aliphatic heterocycles. The van der Waals surface area contributed by atoms with E-state index in [0.29, 0.717) is 12.5 Å². The minimum atomic E-state index is -0.633. The average molecular weight is 346 g/mol. The summed E-state index contributed by atoms with van der Waals surface area (Å²) in [6, 6.07) is 0. The molecule has 0 amide bonds. The van der Waals surface area contributed by atoms with Crippen molar-refractivity contribution in [2.45, 2.75) is 70.5 Å². The Morgan fingerprint density at radius 3 is 2.88 bits per heavy atom. The van der Waals surface area contributed by atoms with Crippen LogP contribution in [0.25, 0.3) is 0 Å². The Hall–Kier alpha value is -0.870. The second-order valence-corrected chi connectivity index (χ2v) is 10.00. The van der Waals surface area contributed by atoms with Gasteiger partial charge in [-0.25, -0.2) is 0 Å². The average Bonchev–Trinajstić information content (AvgIpc) is 2.99. The van der Waals surface area contributed by atoms with Crippen molar-refractivity contribution in [1.82, 2.24) is 0 Å². The molecule has 5 rings (SSSR count). The molecule has 1 unspecified atom stereocenters. The fraction of sp³-hybridized carbons (Fsp3) is 0.857. The summed E-state index contributed by atoms with van der Waals surface area (Å²) in [4.78, 5) is 12.7. The summed E-state index contributed by atoms with van der Waals surface area (Å²) in [5.41, 5.74) is 0.638. The number of allylic oxidation sites excluding steroid dienone is 1.